The van der Waals surface area contributed by atoms with E-state index in [1.165, 1.54) is 0 Å². The van der Waals surface area contributed by atoms with E-state index in [1.54, 1.807) is 0 Å². The summed E-state index contributed by atoms with van der Waals surface area (Å²) in [5, 5.41) is 0. The zero-order valence-corrected chi connectivity index (χ0v) is 13.8. The lowest BCUT2D eigenvalue weighted by Gasteiger charge is -2.49. The van der Waals surface area contributed by atoms with Gasteiger partial charge in [0.2, 0.25) is 0 Å². The summed E-state index contributed by atoms with van der Waals surface area (Å²) in [6.45, 7) is 13.1. The van der Waals surface area contributed by atoms with E-state index < -0.39 is 25.7 Å². The van der Waals surface area contributed by atoms with Crippen molar-refractivity contribution in [3.8, 4) is 0 Å². The topological polar surface area (TPSA) is 27.7 Å². The molecule has 90 valence electrons. The van der Waals surface area contributed by atoms with E-state index in [0.717, 1.165) is 18.1 Å². The summed E-state index contributed by atoms with van der Waals surface area (Å²) in [5.41, 5.74) is 0. The zero-order valence-electron chi connectivity index (χ0n) is 10.8. The Labute approximate surface area is 96.9 Å². The van der Waals surface area contributed by atoms with Crippen molar-refractivity contribution < 1.29 is 12.3 Å². The molecule has 1 atom stereocenters. The molecule has 0 aliphatic carbocycles. The maximum atomic E-state index is 6.31. The first-order valence-corrected chi connectivity index (χ1v) is 13.5. The molecule has 0 radical (unpaired) electrons. The molecular weight excluding hydrogens is 240 g/mol. The number of hydrogen-bond donors (Lipinski definition) is 0. The minimum atomic E-state index is -1.93. The average molecular weight is 265 g/mol. The summed E-state index contributed by atoms with van der Waals surface area (Å²) in [7, 11) is -5.77. The lowest BCUT2D eigenvalue weighted by atomic mass is 10.9. The van der Waals surface area contributed by atoms with Gasteiger partial charge in [0.1, 0.15) is 0 Å². The van der Waals surface area contributed by atoms with Crippen molar-refractivity contribution in [1.82, 2.24) is 0 Å². The van der Waals surface area contributed by atoms with Gasteiger partial charge in [-0.15, -0.1) is 0 Å². The Morgan fingerprint density at radius 2 is 1.27 bits per heavy atom. The van der Waals surface area contributed by atoms with Gasteiger partial charge in [-0.05, 0) is 37.8 Å². The van der Waals surface area contributed by atoms with E-state index >= 15 is 0 Å². The molecule has 0 aromatic rings. The fourth-order valence-corrected chi connectivity index (χ4v) is 18.6. The molecule has 0 aromatic heterocycles. The Kier molecular flexibility index (Phi) is 4.01. The molecule has 0 amide bonds. The third kappa shape index (κ3) is 3.01. The van der Waals surface area contributed by atoms with Crippen molar-refractivity contribution in [2.75, 3.05) is 0 Å². The average Bonchev–Trinajstić information content (AvgIpc) is 2.15. The molecule has 1 saturated heterocycles. The molecule has 1 rings (SSSR count). The molecule has 0 N–H and O–H groups in total. The predicted molar refractivity (Wildman–Crippen MR) is 69.6 cm³/mol. The highest BCUT2D eigenvalue weighted by Crippen LogP contribution is 2.36. The Bertz CT molecular complexity index is 231. The van der Waals surface area contributed by atoms with Crippen molar-refractivity contribution in [1.29, 1.82) is 0 Å². The van der Waals surface area contributed by atoms with Crippen LogP contribution in [-0.4, -0.2) is 25.7 Å². The summed E-state index contributed by atoms with van der Waals surface area (Å²) >= 11 is 0. The Morgan fingerprint density at radius 1 is 0.733 bits per heavy atom. The highest BCUT2D eigenvalue weighted by molar-refractivity contribution is 6.93. The van der Waals surface area contributed by atoms with E-state index in [9.17, 15) is 0 Å². The minimum absolute atomic E-state index is 1.03. The molecule has 0 aromatic carbocycles. The summed E-state index contributed by atoms with van der Waals surface area (Å²) in [4.78, 5) is 0. The van der Waals surface area contributed by atoms with Gasteiger partial charge < -0.3 is 12.3 Å². The van der Waals surface area contributed by atoms with Gasteiger partial charge in [0.15, 0.2) is 0 Å². The first-order valence-electron chi connectivity index (χ1n) is 5.91. The fraction of sp³-hybridized carbons (Fsp3) is 1.00. The van der Waals surface area contributed by atoms with E-state index in [-0.39, 0.29) is 0 Å². The second kappa shape index (κ2) is 4.42. The minimum Gasteiger partial charge on any atom is -0.416 e. The van der Waals surface area contributed by atoms with Gasteiger partial charge in [0.05, 0.1) is 0 Å². The molecule has 1 aliphatic rings. The highest BCUT2D eigenvalue weighted by Gasteiger charge is 2.54. The third-order valence-electron chi connectivity index (χ3n) is 3.01. The van der Waals surface area contributed by atoms with Crippen molar-refractivity contribution >= 4 is 25.7 Å². The Hall–Kier alpha value is 0.531. The molecule has 3 nitrogen and oxygen atoms in total. The largest absolute Gasteiger partial charge is 0.416 e. The first kappa shape index (κ1) is 13.6. The fourth-order valence-electron chi connectivity index (χ4n) is 2.11. The molecule has 1 unspecified atom stereocenters. The second-order valence-electron chi connectivity index (χ2n) is 4.81. The maximum Gasteiger partial charge on any atom is 0.320 e. The van der Waals surface area contributed by atoms with Crippen molar-refractivity contribution in [2.45, 2.75) is 58.5 Å². The maximum absolute atomic E-state index is 6.31. The van der Waals surface area contributed by atoms with Crippen molar-refractivity contribution in [3.05, 3.63) is 0 Å². The zero-order chi connectivity index (χ0) is 11.7. The second-order valence-corrected chi connectivity index (χ2v) is 16.3. The van der Waals surface area contributed by atoms with E-state index in [0.29, 0.717) is 0 Å². The van der Waals surface area contributed by atoms with Crippen LogP contribution in [0.3, 0.4) is 0 Å². The van der Waals surface area contributed by atoms with Gasteiger partial charge in [-0.2, -0.15) is 0 Å². The lowest BCUT2D eigenvalue weighted by molar-refractivity contribution is 0.224. The number of hydrogen-bond acceptors (Lipinski definition) is 3. The Balaban J connectivity index is 2.94. The van der Waals surface area contributed by atoms with Crippen LogP contribution in [0.1, 0.15) is 20.8 Å². The van der Waals surface area contributed by atoms with Gasteiger partial charge in [0.25, 0.3) is 0 Å². The van der Waals surface area contributed by atoms with Crippen LogP contribution in [0.5, 0.6) is 0 Å². The summed E-state index contributed by atoms with van der Waals surface area (Å²) in [6.07, 6.45) is 0. The molecule has 0 spiro atoms. The van der Waals surface area contributed by atoms with Gasteiger partial charge in [-0.1, -0.05) is 20.8 Å². The van der Waals surface area contributed by atoms with Crippen LogP contribution in [0.25, 0.3) is 0 Å². The van der Waals surface area contributed by atoms with Crippen LogP contribution in [0.2, 0.25) is 37.8 Å². The van der Waals surface area contributed by atoms with Crippen LogP contribution in [-0.2, 0) is 12.3 Å². The van der Waals surface area contributed by atoms with E-state index in [4.69, 9.17) is 12.3 Å². The van der Waals surface area contributed by atoms with Crippen LogP contribution >= 0.6 is 0 Å². The molecule has 1 heterocycles. The first-order chi connectivity index (χ1) is 6.80. The van der Waals surface area contributed by atoms with Crippen molar-refractivity contribution in [2.24, 2.45) is 0 Å². The third-order valence-corrected chi connectivity index (χ3v) is 16.8. The SMILES string of the molecule is CC[Si]1(C)O[Si](C)(C)O[Si](CC)(CC)O1. The molecule has 6 heteroatoms. The Morgan fingerprint density at radius 3 is 1.67 bits per heavy atom. The molecule has 15 heavy (non-hydrogen) atoms. The van der Waals surface area contributed by atoms with E-state index in [2.05, 4.69) is 40.4 Å². The molecule has 0 saturated carbocycles. The normalized spacial score (nSPS) is 34.0. The summed E-state index contributed by atoms with van der Waals surface area (Å²) < 4.78 is 18.7. The van der Waals surface area contributed by atoms with Crippen LogP contribution in [0.4, 0.5) is 0 Å². The van der Waals surface area contributed by atoms with Gasteiger partial charge in [-0.3, -0.25) is 0 Å². The van der Waals surface area contributed by atoms with Gasteiger partial charge in [-0.25, -0.2) is 0 Å². The predicted octanol–water partition coefficient (Wildman–Crippen LogP) is 3.33. The quantitative estimate of drug-likeness (QED) is 0.732. The smallest absolute Gasteiger partial charge is 0.320 e. The molecule has 1 fully saturated rings. The summed E-state index contributed by atoms with van der Waals surface area (Å²) in [6, 6.07) is 3.12. The molecular formula is C9H24O3Si3. The standard InChI is InChI=1S/C9H24O3Si3/c1-7-14(6)10-13(4,5)11-15(8-2,9-3)12-14/h7-9H2,1-6H3. The molecule has 0 bridgehead atoms. The van der Waals surface area contributed by atoms with Gasteiger partial charge >= 0.3 is 25.7 Å². The van der Waals surface area contributed by atoms with Crippen molar-refractivity contribution in [3.63, 3.8) is 0 Å². The van der Waals surface area contributed by atoms with E-state index in [1.807, 2.05) is 0 Å². The van der Waals surface area contributed by atoms with Crippen LogP contribution in [0, 0.1) is 0 Å². The van der Waals surface area contributed by atoms with Crippen LogP contribution < -0.4 is 0 Å². The van der Waals surface area contributed by atoms with Gasteiger partial charge in [0, 0.05) is 0 Å². The van der Waals surface area contributed by atoms with Crippen LogP contribution in [0.15, 0.2) is 0 Å². The summed E-state index contributed by atoms with van der Waals surface area (Å²) in [5.74, 6) is 0. The lowest BCUT2D eigenvalue weighted by Crippen LogP contribution is -2.66. The monoisotopic (exact) mass is 264 g/mol. The number of rotatable bonds is 3. The highest BCUT2D eigenvalue weighted by atomic mass is 28.5. The molecule has 1 aliphatic heterocycles.